The van der Waals surface area contributed by atoms with E-state index in [2.05, 4.69) is 33.7 Å². The predicted molar refractivity (Wildman–Crippen MR) is 135 cm³/mol. The second kappa shape index (κ2) is 9.50. The van der Waals surface area contributed by atoms with E-state index in [1.165, 1.54) is 0 Å². The fourth-order valence-corrected chi connectivity index (χ4v) is 5.51. The Morgan fingerprint density at radius 1 is 1.17 bits per heavy atom. The molecule has 1 spiro atoms. The van der Waals surface area contributed by atoms with Gasteiger partial charge in [0.1, 0.15) is 17.7 Å². The van der Waals surface area contributed by atoms with Crippen molar-refractivity contribution in [1.29, 1.82) is 0 Å². The summed E-state index contributed by atoms with van der Waals surface area (Å²) in [5.74, 6) is 0.0948. The molecule has 8 heteroatoms. The number of nitrogens with zero attached hydrogens (tertiary/aromatic N) is 4. The van der Waals surface area contributed by atoms with Gasteiger partial charge in [-0.3, -0.25) is 4.79 Å². The first-order valence-corrected chi connectivity index (χ1v) is 12.3. The van der Waals surface area contributed by atoms with Gasteiger partial charge in [-0.15, -0.1) is 5.10 Å². The van der Waals surface area contributed by atoms with Crippen molar-refractivity contribution in [1.82, 2.24) is 20.2 Å². The zero-order valence-electron chi connectivity index (χ0n) is 21.2. The molecule has 188 valence electrons. The number of aromatic nitrogens is 4. The number of carbonyl (C=O) groups is 1. The molecule has 1 aliphatic carbocycles. The van der Waals surface area contributed by atoms with Crippen LogP contribution in [0.3, 0.4) is 0 Å². The van der Waals surface area contributed by atoms with Gasteiger partial charge in [0, 0.05) is 11.5 Å². The molecule has 36 heavy (non-hydrogen) atoms. The van der Waals surface area contributed by atoms with Gasteiger partial charge in [-0.1, -0.05) is 30.3 Å². The van der Waals surface area contributed by atoms with Crippen LogP contribution in [0.1, 0.15) is 57.1 Å². The van der Waals surface area contributed by atoms with Gasteiger partial charge in [0.15, 0.2) is 0 Å². The van der Waals surface area contributed by atoms with E-state index < -0.39 is 11.2 Å². The standard InChI is InChI=1S/C28H32N4O4/c1-27(2,3)36-26(33)22-11-8-14-28(25(22)19-9-6-5-7-10-19)16-20(17-35-28)23-15-21(34-4)12-13-24(23)32-18-29-30-31-32/h5-7,9-10,12-13,15-16,18,22,25H,8,11,14,17H2,1-4H3/t22?,25-,28-/m1/s1. The summed E-state index contributed by atoms with van der Waals surface area (Å²) in [6, 6.07) is 16.0. The largest absolute Gasteiger partial charge is 0.497 e. The lowest BCUT2D eigenvalue weighted by molar-refractivity contribution is -0.166. The highest BCUT2D eigenvalue weighted by molar-refractivity contribution is 5.78. The van der Waals surface area contributed by atoms with E-state index in [-0.39, 0.29) is 17.8 Å². The number of benzene rings is 2. The third-order valence-electron chi connectivity index (χ3n) is 6.94. The Morgan fingerprint density at radius 2 is 1.97 bits per heavy atom. The number of hydrogen-bond acceptors (Lipinski definition) is 7. The van der Waals surface area contributed by atoms with E-state index in [1.54, 1.807) is 18.1 Å². The monoisotopic (exact) mass is 488 g/mol. The van der Waals surface area contributed by atoms with Crippen molar-refractivity contribution in [2.75, 3.05) is 13.7 Å². The van der Waals surface area contributed by atoms with Crippen LogP contribution in [0.4, 0.5) is 0 Å². The lowest BCUT2D eigenvalue weighted by atomic mass is 9.65. The van der Waals surface area contributed by atoms with Crippen LogP contribution in [0.5, 0.6) is 5.75 Å². The van der Waals surface area contributed by atoms with Gasteiger partial charge in [-0.2, -0.15) is 4.68 Å². The van der Waals surface area contributed by atoms with Gasteiger partial charge >= 0.3 is 5.97 Å². The molecule has 2 heterocycles. The van der Waals surface area contributed by atoms with E-state index in [0.29, 0.717) is 6.61 Å². The fraction of sp³-hybridized carbons (Fsp3) is 0.429. The summed E-state index contributed by atoms with van der Waals surface area (Å²) in [4.78, 5) is 13.4. The second-order valence-corrected chi connectivity index (χ2v) is 10.5. The third kappa shape index (κ3) is 4.65. The van der Waals surface area contributed by atoms with Crippen LogP contribution in [0.25, 0.3) is 11.3 Å². The van der Waals surface area contributed by atoms with E-state index in [1.807, 2.05) is 57.2 Å². The number of hydrogen-bond donors (Lipinski definition) is 0. The summed E-state index contributed by atoms with van der Waals surface area (Å²) < 4.78 is 19.7. The van der Waals surface area contributed by atoms with Gasteiger partial charge in [-0.25, -0.2) is 0 Å². The number of rotatable bonds is 5. The van der Waals surface area contributed by atoms with Crippen molar-refractivity contribution in [2.24, 2.45) is 5.92 Å². The van der Waals surface area contributed by atoms with Crippen LogP contribution in [0.15, 0.2) is 60.9 Å². The van der Waals surface area contributed by atoms with Gasteiger partial charge in [0.2, 0.25) is 0 Å². The first kappa shape index (κ1) is 24.2. The van der Waals surface area contributed by atoms with E-state index in [9.17, 15) is 4.79 Å². The maximum absolute atomic E-state index is 13.4. The first-order valence-electron chi connectivity index (χ1n) is 12.3. The molecule has 8 nitrogen and oxygen atoms in total. The molecule has 1 aliphatic heterocycles. The zero-order chi connectivity index (χ0) is 25.3. The molecule has 2 aromatic carbocycles. The molecule has 0 N–H and O–H groups in total. The number of carbonyl (C=O) groups excluding carboxylic acids is 1. The van der Waals surface area contributed by atoms with Gasteiger partial charge < -0.3 is 14.2 Å². The number of methoxy groups -OCH3 is 1. The van der Waals surface area contributed by atoms with E-state index in [0.717, 1.165) is 47.4 Å². The van der Waals surface area contributed by atoms with Crippen molar-refractivity contribution in [3.8, 4) is 11.4 Å². The van der Waals surface area contributed by atoms with Crippen LogP contribution < -0.4 is 4.74 Å². The number of tetrazole rings is 1. The Morgan fingerprint density at radius 3 is 2.67 bits per heavy atom. The molecular formula is C28H32N4O4. The van der Waals surface area contributed by atoms with Crippen molar-refractivity contribution in [3.05, 3.63) is 72.1 Å². The van der Waals surface area contributed by atoms with Gasteiger partial charge in [0.05, 0.1) is 30.9 Å². The summed E-state index contributed by atoms with van der Waals surface area (Å²) >= 11 is 0. The molecule has 0 amide bonds. The summed E-state index contributed by atoms with van der Waals surface area (Å²) in [7, 11) is 1.65. The minimum absolute atomic E-state index is 0.165. The first-order chi connectivity index (χ1) is 17.3. The minimum Gasteiger partial charge on any atom is -0.497 e. The average Bonchev–Trinajstić information content (AvgIpc) is 3.54. The maximum Gasteiger partial charge on any atom is 0.310 e. The average molecular weight is 489 g/mol. The molecular weight excluding hydrogens is 456 g/mol. The zero-order valence-corrected chi connectivity index (χ0v) is 21.2. The van der Waals surface area contributed by atoms with Crippen molar-refractivity contribution in [3.63, 3.8) is 0 Å². The maximum atomic E-state index is 13.4. The Balaban J connectivity index is 1.60. The van der Waals surface area contributed by atoms with Crippen LogP contribution in [0.2, 0.25) is 0 Å². The fourth-order valence-electron chi connectivity index (χ4n) is 5.51. The molecule has 3 aromatic rings. The minimum atomic E-state index is -0.628. The second-order valence-electron chi connectivity index (χ2n) is 10.5. The molecule has 0 bridgehead atoms. The normalized spacial score (nSPS) is 23.9. The molecule has 3 atom stereocenters. The molecule has 0 saturated heterocycles. The van der Waals surface area contributed by atoms with Crippen LogP contribution >= 0.6 is 0 Å². The molecule has 0 radical (unpaired) electrons. The topological polar surface area (TPSA) is 88.4 Å². The highest BCUT2D eigenvalue weighted by Crippen LogP contribution is 2.52. The summed E-state index contributed by atoms with van der Waals surface area (Å²) in [6.07, 6.45) is 6.24. The van der Waals surface area contributed by atoms with E-state index in [4.69, 9.17) is 14.2 Å². The highest BCUT2D eigenvalue weighted by Gasteiger charge is 2.51. The SMILES string of the molecule is COc1ccc(-n2cnnn2)c(C2=C[C@@]3(CCCC(C(=O)OC(C)(C)C)[C@H]3c3ccccc3)OC2)c1. The molecule has 1 aromatic heterocycles. The summed E-state index contributed by atoms with van der Waals surface area (Å²) in [5.41, 5.74) is 2.69. The Labute approximate surface area is 211 Å². The number of ether oxygens (including phenoxy) is 3. The summed E-state index contributed by atoms with van der Waals surface area (Å²) in [6.45, 7) is 6.14. The van der Waals surface area contributed by atoms with Crippen LogP contribution in [-0.4, -0.2) is 51.1 Å². The smallest absolute Gasteiger partial charge is 0.310 e. The Bertz CT molecular complexity index is 1250. The predicted octanol–water partition coefficient (Wildman–Crippen LogP) is 4.75. The lowest BCUT2D eigenvalue weighted by Crippen LogP contribution is -2.46. The van der Waals surface area contributed by atoms with Gasteiger partial charge in [-0.05, 0) is 85.9 Å². The highest BCUT2D eigenvalue weighted by atomic mass is 16.6. The molecule has 1 unspecified atom stereocenters. The molecule has 1 fully saturated rings. The van der Waals surface area contributed by atoms with Crippen LogP contribution in [0, 0.1) is 5.92 Å². The Hall–Kier alpha value is -3.52. The Kier molecular flexibility index (Phi) is 6.38. The quantitative estimate of drug-likeness (QED) is 0.479. The van der Waals surface area contributed by atoms with E-state index >= 15 is 0 Å². The lowest BCUT2D eigenvalue weighted by Gasteiger charge is -2.44. The van der Waals surface area contributed by atoms with Crippen molar-refractivity contribution < 1.29 is 19.0 Å². The third-order valence-corrected chi connectivity index (χ3v) is 6.94. The molecule has 1 saturated carbocycles. The summed E-state index contributed by atoms with van der Waals surface area (Å²) in [5, 5.41) is 11.7. The van der Waals surface area contributed by atoms with Gasteiger partial charge in [0.25, 0.3) is 0 Å². The van der Waals surface area contributed by atoms with Crippen LogP contribution in [-0.2, 0) is 14.3 Å². The molecule has 5 rings (SSSR count). The number of esters is 1. The molecule has 2 aliphatic rings. The van der Waals surface area contributed by atoms with Crippen molar-refractivity contribution in [2.45, 2.75) is 57.2 Å². The van der Waals surface area contributed by atoms with Crippen molar-refractivity contribution >= 4 is 11.5 Å².